The summed E-state index contributed by atoms with van der Waals surface area (Å²) < 4.78 is 0. The van der Waals surface area contributed by atoms with Crippen molar-refractivity contribution >= 4 is 46.6 Å². The summed E-state index contributed by atoms with van der Waals surface area (Å²) in [5.41, 5.74) is 1.39. The minimum absolute atomic E-state index is 0.00467. The molecule has 0 saturated heterocycles. The molecule has 3 aliphatic carbocycles. The summed E-state index contributed by atoms with van der Waals surface area (Å²) >= 11 is 6.50. The lowest BCUT2D eigenvalue weighted by Gasteiger charge is -2.54. The molecule has 0 spiro atoms. The molecule has 1 atom stereocenters. The van der Waals surface area contributed by atoms with Gasteiger partial charge in [0.1, 0.15) is 8.07 Å². The molecule has 8 rings (SSSR count). The Morgan fingerprint density at radius 3 is 1.86 bits per heavy atom. The molecule has 0 heterocycles. The maximum absolute atomic E-state index is 15.1. The number of halogens is 1. The zero-order chi connectivity index (χ0) is 29.9. The van der Waals surface area contributed by atoms with E-state index in [1.165, 1.54) is 21.3 Å². The van der Waals surface area contributed by atoms with E-state index in [-0.39, 0.29) is 10.5 Å². The quantitative estimate of drug-likeness (QED) is 0.135. The van der Waals surface area contributed by atoms with Crippen LogP contribution >= 0.6 is 11.6 Å². The molecule has 0 aromatic heterocycles. The van der Waals surface area contributed by atoms with E-state index in [9.17, 15) is 0 Å². The lowest BCUT2D eigenvalue weighted by Crippen LogP contribution is -2.68. The van der Waals surface area contributed by atoms with Gasteiger partial charge in [-0.25, -0.2) is 0 Å². The number of ketones is 1. The molecule has 3 fully saturated rings. The summed E-state index contributed by atoms with van der Waals surface area (Å²) in [5, 5.41) is 5.92. The Bertz CT molecular complexity index is 1740. The third-order valence-corrected chi connectivity index (χ3v) is 17.6. The molecular formula is C40H39ClOSi. The predicted molar refractivity (Wildman–Crippen MR) is 184 cm³/mol. The van der Waals surface area contributed by atoms with Crippen molar-refractivity contribution in [1.29, 1.82) is 0 Å². The van der Waals surface area contributed by atoms with E-state index in [4.69, 9.17) is 11.6 Å². The van der Waals surface area contributed by atoms with Gasteiger partial charge in [-0.2, -0.15) is 0 Å². The molecule has 0 aliphatic heterocycles. The molecule has 5 aromatic carbocycles. The van der Waals surface area contributed by atoms with E-state index < -0.39 is 13.5 Å². The van der Waals surface area contributed by atoms with E-state index in [2.05, 4.69) is 136 Å². The molecule has 3 aliphatic rings. The van der Waals surface area contributed by atoms with Gasteiger partial charge in [0.05, 0.1) is 0 Å². The molecule has 0 unspecified atom stereocenters. The molecule has 0 amide bonds. The second-order valence-corrected chi connectivity index (χ2v) is 19.4. The number of carbonyl (C=O) groups is 1. The lowest BCUT2D eigenvalue weighted by atomic mass is 9.55. The van der Waals surface area contributed by atoms with Gasteiger partial charge in [-0.05, 0) is 70.8 Å². The minimum Gasteiger partial charge on any atom is -0.294 e. The number of Topliss-reactive ketones (excluding diaryl/α,β-unsaturated/α-hetero) is 1. The fourth-order valence-electron chi connectivity index (χ4n) is 9.07. The second kappa shape index (κ2) is 10.3. The summed E-state index contributed by atoms with van der Waals surface area (Å²) in [6, 6.07) is 46.7. The fraction of sp³-hybridized carbons (Fsp3) is 0.275. The van der Waals surface area contributed by atoms with Crippen LogP contribution in [0.5, 0.6) is 0 Å². The van der Waals surface area contributed by atoms with E-state index in [0.29, 0.717) is 11.7 Å². The van der Waals surface area contributed by atoms with Crippen LogP contribution in [0.2, 0.25) is 16.1 Å². The third kappa shape index (κ3) is 4.29. The summed E-state index contributed by atoms with van der Waals surface area (Å²) in [6.45, 7) is 7.31. The van der Waals surface area contributed by atoms with Crippen molar-refractivity contribution in [2.24, 2.45) is 11.3 Å². The Hall–Kier alpha value is -3.46. The first kappa shape index (κ1) is 28.3. The van der Waals surface area contributed by atoms with Gasteiger partial charge >= 0.3 is 0 Å². The lowest BCUT2D eigenvalue weighted by molar-refractivity contribution is 0.0502. The van der Waals surface area contributed by atoms with E-state index in [1.54, 1.807) is 0 Å². The maximum atomic E-state index is 15.1. The molecule has 1 nitrogen and oxygen atoms in total. The summed E-state index contributed by atoms with van der Waals surface area (Å²) in [7, 11) is -2.52. The molecule has 3 heteroatoms. The van der Waals surface area contributed by atoms with Crippen LogP contribution in [0.25, 0.3) is 10.8 Å². The van der Waals surface area contributed by atoms with Gasteiger partial charge in [0, 0.05) is 21.4 Å². The van der Waals surface area contributed by atoms with Crippen LogP contribution in [0.3, 0.4) is 0 Å². The molecule has 3 saturated carbocycles. The Labute approximate surface area is 261 Å². The van der Waals surface area contributed by atoms with Crippen molar-refractivity contribution in [2.75, 3.05) is 0 Å². The molecule has 2 bridgehead atoms. The number of fused-ring (bicyclic) bond motifs is 2. The molecular weight excluding hydrogens is 560 g/mol. The normalized spacial score (nSPS) is 23.2. The van der Waals surface area contributed by atoms with Crippen LogP contribution in [-0.4, -0.2) is 13.9 Å². The Balaban J connectivity index is 1.48. The second-order valence-electron chi connectivity index (χ2n) is 14.1. The highest BCUT2D eigenvalue weighted by atomic mass is 35.5. The van der Waals surface area contributed by atoms with Crippen LogP contribution < -0.4 is 10.4 Å². The van der Waals surface area contributed by atoms with Crippen LogP contribution in [0.15, 0.2) is 127 Å². The Morgan fingerprint density at radius 1 is 0.721 bits per heavy atom. The van der Waals surface area contributed by atoms with E-state index in [1.807, 2.05) is 12.1 Å². The van der Waals surface area contributed by atoms with Gasteiger partial charge in [-0.3, -0.25) is 4.79 Å². The Morgan fingerprint density at radius 2 is 1.28 bits per heavy atom. The number of rotatable bonds is 7. The molecule has 43 heavy (non-hydrogen) atoms. The van der Waals surface area contributed by atoms with Crippen molar-refractivity contribution in [1.82, 2.24) is 0 Å². The SMILES string of the molecule is CC(C)(C)[Si](C[C@]1(c2ccc(Cl)cc2)CC2CC1(C(=O)c1ccc3ccccc3c1)C2)(c1ccccc1)c1ccccc1. The van der Waals surface area contributed by atoms with E-state index in [0.717, 1.165) is 41.3 Å². The zero-order valence-electron chi connectivity index (χ0n) is 25.3. The smallest absolute Gasteiger partial charge is 0.169 e. The number of hydrogen-bond acceptors (Lipinski definition) is 1. The largest absolute Gasteiger partial charge is 0.294 e. The monoisotopic (exact) mass is 598 g/mol. The minimum atomic E-state index is -2.52. The van der Waals surface area contributed by atoms with Crippen molar-refractivity contribution in [3.8, 4) is 0 Å². The summed E-state index contributed by atoms with van der Waals surface area (Å²) in [5.74, 6) is 0.873. The van der Waals surface area contributed by atoms with Gasteiger partial charge < -0.3 is 0 Å². The zero-order valence-corrected chi connectivity index (χ0v) is 27.1. The maximum Gasteiger partial charge on any atom is 0.169 e. The number of carbonyl (C=O) groups excluding carboxylic acids is 1. The van der Waals surface area contributed by atoms with Gasteiger partial charge in [0.15, 0.2) is 5.78 Å². The average Bonchev–Trinajstić information content (AvgIpc) is 3.51. The fourth-order valence-corrected chi connectivity index (χ4v) is 15.3. The van der Waals surface area contributed by atoms with Gasteiger partial charge in [-0.1, -0.05) is 152 Å². The van der Waals surface area contributed by atoms with Crippen LogP contribution in [0.4, 0.5) is 0 Å². The summed E-state index contributed by atoms with van der Waals surface area (Å²) in [4.78, 5) is 15.1. The average molecular weight is 599 g/mol. The molecule has 0 N–H and O–H groups in total. The summed E-state index contributed by atoms with van der Waals surface area (Å²) in [6.07, 6.45) is 2.96. The van der Waals surface area contributed by atoms with Crippen LogP contribution in [0, 0.1) is 11.3 Å². The first-order valence-electron chi connectivity index (χ1n) is 15.6. The van der Waals surface area contributed by atoms with Gasteiger partial charge in [-0.15, -0.1) is 0 Å². The molecule has 5 aromatic rings. The van der Waals surface area contributed by atoms with Gasteiger partial charge in [0.25, 0.3) is 0 Å². The van der Waals surface area contributed by atoms with Crippen molar-refractivity contribution < 1.29 is 4.79 Å². The highest BCUT2D eigenvalue weighted by molar-refractivity contribution is 7.04. The van der Waals surface area contributed by atoms with Crippen molar-refractivity contribution in [3.05, 3.63) is 144 Å². The predicted octanol–water partition coefficient (Wildman–Crippen LogP) is 9.48. The number of hydrogen-bond donors (Lipinski definition) is 0. The topological polar surface area (TPSA) is 17.1 Å². The molecule has 0 radical (unpaired) electrons. The standard InChI is InChI=1S/C40H39ClOSi/c1-38(2,3)43(35-14-6-4-7-15-35,36-16-8-5-9-17-36)28-40(33-20-22-34(41)23-21-33)27-29-25-39(40,26-29)37(42)32-19-18-30-12-10-11-13-31(30)24-32/h4-24,29H,25-28H2,1-3H3/t29?,39?,40-/m0/s1. The van der Waals surface area contributed by atoms with Crippen LogP contribution in [-0.2, 0) is 5.41 Å². The first-order chi connectivity index (χ1) is 20.7. The van der Waals surface area contributed by atoms with Crippen molar-refractivity contribution in [2.45, 2.75) is 56.5 Å². The number of benzene rings is 5. The third-order valence-electron chi connectivity index (χ3n) is 11.1. The van der Waals surface area contributed by atoms with Crippen molar-refractivity contribution in [3.63, 3.8) is 0 Å². The van der Waals surface area contributed by atoms with E-state index >= 15 is 4.79 Å². The molecule has 216 valence electrons. The highest BCUT2D eigenvalue weighted by Gasteiger charge is 2.72. The van der Waals surface area contributed by atoms with Gasteiger partial charge in [0.2, 0.25) is 0 Å². The first-order valence-corrected chi connectivity index (χ1v) is 18.2. The Kier molecular flexibility index (Phi) is 6.80. The van der Waals surface area contributed by atoms with Crippen LogP contribution in [0.1, 0.15) is 56.0 Å². The highest BCUT2D eigenvalue weighted by Crippen LogP contribution is 2.73.